The molecule has 21 heavy (non-hydrogen) atoms. The van der Waals surface area contributed by atoms with E-state index in [0.29, 0.717) is 12.2 Å². The quantitative estimate of drug-likeness (QED) is 0.891. The number of hydrogen-bond donors (Lipinski definition) is 2. The monoisotopic (exact) mass is 301 g/mol. The van der Waals surface area contributed by atoms with Crippen molar-refractivity contribution in [2.45, 2.75) is 18.8 Å². The van der Waals surface area contributed by atoms with E-state index in [1.54, 1.807) is 12.1 Å². The maximum atomic E-state index is 12.4. The fraction of sp³-hybridized carbons (Fsp3) is 0.286. The third-order valence-corrected chi connectivity index (χ3v) is 2.74. The predicted molar refractivity (Wildman–Crippen MR) is 69.6 cm³/mol. The minimum atomic E-state index is -4.77. The molecule has 0 spiro atoms. The van der Waals surface area contributed by atoms with Crippen LogP contribution in [-0.2, 0) is 6.42 Å². The SMILES string of the molecule is NC(CO)Cc1ccc(-c2ccccc2OC(F)(F)F)o1. The Kier molecular flexibility index (Phi) is 4.54. The highest BCUT2D eigenvalue weighted by Gasteiger charge is 2.32. The summed E-state index contributed by atoms with van der Waals surface area (Å²) in [5.74, 6) is 0.390. The van der Waals surface area contributed by atoms with Crippen molar-refractivity contribution in [3.05, 3.63) is 42.2 Å². The van der Waals surface area contributed by atoms with Crippen LogP contribution in [0.4, 0.5) is 13.2 Å². The molecule has 0 radical (unpaired) electrons. The Balaban J connectivity index is 2.26. The molecule has 0 aliphatic rings. The number of aliphatic hydroxyl groups is 1. The van der Waals surface area contributed by atoms with E-state index in [1.165, 1.54) is 24.3 Å². The molecule has 1 aromatic heterocycles. The van der Waals surface area contributed by atoms with E-state index >= 15 is 0 Å². The average molecular weight is 301 g/mol. The normalized spacial score (nSPS) is 13.2. The van der Waals surface area contributed by atoms with Crippen LogP contribution in [0.25, 0.3) is 11.3 Å². The lowest BCUT2D eigenvalue weighted by Crippen LogP contribution is -2.26. The van der Waals surface area contributed by atoms with Gasteiger partial charge in [-0.25, -0.2) is 0 Å². The predicted octanol–water partition coefficient (Wildman–Crippen LogP) is 2.71. The maximum Gasteiger partial charge on any atom is 0.573 e. The van der Waals surface area contributed by atoms with Gasteiger partial charge < -0.3 is 20.0 Å². The molecule has 1 heterocycles. The lowest BCUT2D eigenvalue weighted by molar-refractivity contribution is -0.274. The molecule has 4 nitrogen and oxygen atoms in total. The van der Waals surface area contributed by atoms with Gasteiger partial charge in [-0.15, -0.1) is 13.2 Å². The Bertz CT molecular complexity index is 595. The van der Waals surface area contributed by atoms with Gasteiger partial charge in [0.2, 0.25) is 0 Å². The van der Waals surface area contributed by atoms with Crippen molar-refractivity contribution < 1.29 is 27.4 Å². The van der Waals surface area contributed by atoms with E-state index in [1.807, 2.05) is 0 Å². The summed E-state index contributed by atoms with van der Waals surface area (Å²) >= 11 is 0. The fourth-order valence-corrected chi connectivity index (χ4v) is 1.84. The molecule has 1 atom stereocenters. The van der Waals surface area contributed by atoms with Crippen LogP contribution in [0.3, 0.4) is 0 Å². The summed E-state index contributed by atoms with van der Waals surface area (Å²) in [4.78, 5) is 0. The molecule has 114 valence electrons. The number of benzene rings is 1. The lowest BCUT2D eigenvalue weighted by Gasteiger charge is -2.11. The number of para-hydroxylation sites is 1. The summed E-state index contributed by atoms with van der Waals surface area (Å²) in [5.41, 5.74) is 5.78. The first-order valence-electron chi connectivity index (χ1n) is 6.19. The molecule has 1 aromatic carbocycles. The van der Waals surface area contributed by atoms with Crippen LogP contribution in [0.5, 0.6) is 5.75 Å². The van der Waals surface area contributed by atoms with Gasteiger partial charge in [0.15, 0.2) is 0 Å². The van der Waals surface area contributed by atoms with Gasteiger partial charge in [-0.1, -0.05) is 12.1 Å². The van der Waals surface area contributed by atoms with Crippen molar-refractivity contribution in [2.24, 2.45) is 5.73 Å². The molecule has 1 unspecified atom stereocenters. The molecule has 3 N–H and O–H groups in total. The minimum Gasteiger partial charge on any atom is -0.461 e. The Hall–Kier alpha value is -1.99. The molecule has 7 heteroatoms. The van der Waals surface area contributed by atoms with Gasteiger partial charge in [-0.05, 0) is 24.3 Å². The number of nitrogens with two attached hydrogens (primary N) is 1. The van der Waals surface area contributed by atoms with E-state index in [0.717, 1.165) is 0 Å². The number of alkyl halides is 3. The molecule has 0 aliphatic carbocycles. The molecule has 2 rings (SSSR count). The number of ether oxygens (including phenoxy) is 1. The second-order valence-corrected chi connectivity index (χ2v) is 4.46. The van der Waals surface area contributed by atoms with Crippen LogP contribution >= 0.6 is 0 Å². The highest BCUT2D eigenvalue weighted by Crippen LogP contribution is 2.34. The van der Waals surface area contributed by atoms with E-state index in [4.69, 9.17) is 15.3 Å². The van der Waals surface area contributed by atoms with Crippen LogP contribution < -0.4 is 10.5 Å². The Morgan fingerprint density at radius 2 is 1.90 bits per heavy atom. The largest absolute Gasteiger partial charge is 0.573 e. The molecule has 0 amide bonds. The summed E-state index contributed by atoms with van der Waals surface area (Å²) in [5, 5.41) is 8.88. The van der Waals surface area contributed by atoms with Gasteiger partial charge in [-0.3, -0.25) is 0 Å². The molecule has 0 saturated carbocycles. The van der Waals surface area contributed by atoms with Gasteiger partial charge in [0, 0.05) is 12.5 Å². The van der Waals surface area contributed by atoms with Crippen molar-refractivity contribution in [3.63, 3.8) is 0 Å². The lowest BCUT2D eigenvalue weighted by atomic mass is 10.1. The summed E-state index contributed by atoms with van der Waals surface area (Å²) in [6.07, 6.45) is -4.48. The van der Waals surface area contributed by atoms with Crippen molar-refractivity contribution in [2.75, 3.05) is 6.61 Å². The first-order chi connectivity index (χ1) is 9.89. The van der Waals surface area contributed by atoms with Crippen LogP contribution in [0.2, 0.25) is 0 Å². The average Bonchev–Trinajstić information content (AvgIpc) is 2.85. The van der Waals surface area contributed by atoms with Gasteiger partial charge in [0.05, 0.1) is 12.2 Å². The molecule has 0 saturated heterocycles. The van der Waals surface area contributed by atoms with Crippen molar-refractivity contribution in [3.8, 4) is 17.1 Å². The summed E-state index contributed by atoms with van der Waals surface area (Å²) < 4.78 is 46.5. The smallest absolute Gasteiger partial charge is 0.461 e. The highest BCUT2D eigenvalue weighted by atomic mass is 19.4. The first-order valence-corrected chi connectivity index (χ1v) is 6.19. The standard InChI is InChI=1S/C14H14F3NO3/c15-14(16,17)21-13-4-2-1-3-11(13)12-6-5-10(20-12)7-9(18)8-19/h1-6,9,19H,7-8,18H2. The number of hydrogen-bond acceptors (Lipinski definition) is 4. The molecule has 2 aromatic rings. The van der Waals surface area contributed by atoms with E-state index in [-0.39, 0.29) is 23.7 Å². The molecule has 0 bridgehead atoms. The Morgan fingerprint density at radius 3 is 2.57 bits per heavy atom. The topological polar surface area (TPSA) is 68.6 Å². The van der Waals surface area contributed by atoms with Crippen LogP contribution in [0.15, 0.2) is 40.8 Å². The Morgan fingerprint density at radius 1 is 1.19 bits per heavy atom. The van der Waals surface area contributed by atoms with Crippen LogP contribution in [0, 0.1) is 0 Å². The number of halogens is 3. The second kappa shape index (κ2) is 6.19. The molecule has 0 fully saturated rings. The van der Waals surface area contributed by atoms with Crippen molar-refractivity contribution >= 4 is 0 Å². The van der Waals surface area contributed by atoms with Crippen molar-refractivity contribution in [1.29, 1.82) is 0 Å². The molecular weight excluding hydrogens is 287 g/mol. The van der Waals surface area contributed by atoms with Gasteiger partial charge >= 0.3 is 6.36 Å². The zero-order valence-electron chi connectivity index (χ0n) is 10.9. The zero-order valence-corrected chi connectivity index (χ0v) is 10.9. The third-order valence-electron chi connectivity index (χ3n) is 2.74. The zero-order chi connectivity index (χ0) is 15.5. The summed E-state index contributed by atoms with van der Waals surface area (Å²) in [6, 6.07) is 8.37. The minimum absolute atomic E-state index is 0.193. The summed E-state index contributed by atoms with van der Waals surface area (Å²) in [6.45, 7) is -0.205. The number of aliphatic hydroxyl groups excluding tert-OH is 1. The maximum absolute atomic E-state index is 12.4. The van der Waals surface area contributed by atoms with Gasteiger partial charge in [-0.2, -0.15) is 0 Å². The fourth-order valence-electron chi connectivity index (χ4n) is 1.84. The Labute approximate surface area is 118 Å². The highest BCUT2D eigenvalue weighted by molar-refractivity contribution is 5.65. The number of rotatable bonds is 5. The number of furan rings is 1. The van der Waals surface area contributed by atoms with E-state index in [9.17, 15) is 13.2 Å². The van der Waals surface area contributed by atoms with Crippen molar-refractivity contribution in [1.82, 2.24) is 0 Å². The van der Waals surface area contributed by atoms with Crippen LogP contribution in [-0.4, -0.2) is 24.1 Å². The van der Waals surface area contributed by atoms with Crippen LogP contribution in [0.1, 0.15) is 5.76 Å². The van der Waals surface area contributed by atoms with Gasteiger partial charge in [0.1, 0.15) is 17.3 Å². The first kappa shape index (κ1) is 15.4. The summed E-state index contributed by atoms with van der Waals surface area (Å²) in [7, 11) is 0. The molecular formula is C14H14F3NO3. The van der Waals surface area contributed by atoms with E-state index in [2.05, 4.69) is 4.74 Å². The second-order valence-electron chi connectivity index (χ2n) is 4.46. The van der Waals surface area contributed by atoms with E-state index < -0.39 is 12.4 Å². The third kappa shape index (κ3) is 4.24. The molecule has 0 aliphatic heterocycles. The van der Waals surface area contributed by atoms with Gasteiger partial charge in [0.25, 0.3) is 0 Å².